The Morgan fingerprint density at radius 3 is 2.78 bits per heavy atom. The topological polar surface area (TPSA) is 58.2 Å². The second kappa shape index (κ2) is 4.44. The molecular weight excluding hydrogens is 228 g/mol. The second-order valence-electron chi connectivity index (χ2n) is 5.65. The zero-order chi connectivity index (χ0) is 13.3. The smallest absolute Gasteiger partial charge is 0.228 e. The van der Waals surface area contributed by atoms with Crippen LogP contribution in [0.3, 0.4) is 0 Å². The minimum Gasteiger partial charge on any atom is -0.352 e. The van der Waals surface area contributed by atoms with Crippen LogP contribution >= 0.6 is 0 Å². The highest BCUT2D eigenvalue weighted by Crippen LogP contribution is 2.23. The Kier molecular flexibility index (Phi) is 3.11. The molecule has 1 aromatic carbocycles. The minimum absolute atomic E-state index is 0.0252. The molecule has 4 heteroatoms. The average molecular weight is 246 g/mol. The van der Waals surface area contributed by atoms with Crippen LogP contribution in [0, 0.1) is 5.41 Å². The maximum atomic E-state index is 11.7. The molecule has 0 saturated heterocycles. The van der Waals surface area contributed by atoms with E-state index in [0.717, 1.165) is 16.8 Å². The summed E-state index contributed by atoms with van der Waals surface area (Å²) in [5, 5.41) is 5.68. The number of anilines is 1. The molecule has 0 unspecified atom stereocenters. The molecule has 0 aromatic heterocycles. The fourth-order valence-corrected chi connectivity index (χ4v) is 1.84. The summed E-state index contributed by atoms with van der Waals surface area (Å²) in [7, 11) is 0. The van der Waals surface area contributed by atoms with Crippen molar-refractivity contribution in [1.29, 1.82) is 0 Å². The Hall–Kier alpha value is -1.84. The Morgan fingerprint density at radius 1 is 1.39 bits per heavy atom. The van der Waals surface area contributed by atoms with E-state index in [0.29, 0.717) is 13.0 Å². The molecule has 0 spiro atoms. The van der Waals surface area contributed by atoms with Crippen molar-refractivity contribution in [1.82, 2.24) is 5.32 Å². The molecule has 0 saturated carbocycles. The average Bonchev–Trinajstić information content (AvgIpc) is 2.63. The third-order valence-corrected chi connectivity index (χ3v) is 2.93. The molecule has 2 rings (SSSR count). The molecule has 0 radical (unpaired) electrons. The van der Waals surface area contributed by atoms with E-state index in [4.69, 9.17) is 0 Å². The number of benzene rings is 1. The summed E-state index contributed by atoms with van der Waals surface area (Å²) in [6, 6.07) is 5.78. The van der Waals surface area contributed by atoms with Crippen LogP contribution in [0.25, 0.3) is 0 Å². The Morgan fingerprint density at radius 2 is 2.11 bits per heavy atom. The maximum absolute atomic E-state index is 11.7. The molecule has 0 atom stereocenters. The van der Waals surface area contributed by atoms with Crippen LogP contribution in [-0.4, -0.2) is 11.8 Å². The number of nitrogens with one attached hydrogen (secondary N) is 2. The van der Waals surface area contributed by atoms with Gasteiger partial charge in [-0.25, -0.2) is 0 Å². The van der Waals surface area contributed by atoms with Crippen LogP contribution in [0.2, 0.25) is 0 Å². The number of fused-ring (bicyclic) bond motifs is 1. The predicted molar refractivity (Wildman–Crippen MR) is 70.1 cm³/mol. The van der Waals surface area contributed by atoms with Crippen molar-refractivity contribution in [2.45, 2.75) is 33.7 Å². The SMILES string of the molecule is CC(C)(C)C(=O)NCc1ccc2c(c1)CC(=O)N2. The lowest BCUT2D eigenvalue weighted by atomic mass is 9.95. The normalized spacial score (nSPS) is 14.1. The van der Waals surface area contributed by atoms with E-state index in [-0.39, 0.29) is 17.2 Å². The predicted octanol–water partition coefficient (Wildman–Crippen LogP) is 1.84. The van der Waals surface area contributed by atoms with E-state index in [1.54, 1.807) is 0 Å². The second-order valence-corrected chi connectivity index (χ2v) is 5.65. The van der Waals surface area contributed by atoms with E-state index >= 15 is 0 Å². The van der Waals surface area contributed by atoms with Gasteiger partial charge in [0.05, 0.1) is 6.42 Å². The van der Waals surface area contributed by atoms with Crippen LogP contribution in [0.5, 0.6) is 0 Å². The zero-order valence-corrected chi connectivity index (χ0v) is 11.0. The Balaban J connectivity index is 2.02. The van der Waals surface area contributed by atoms with Gasteiger partial charge in [-0.3, -0.25) is 9.59 Å². The van der Waals surface area contributed by atoms with Gasteiger partial charge in [0.15, 0.2) is 0 Å². The first kappa shape index (κ1) is 12.6. The molecule has 0 aliphatic carbocycles. The summed E-state index contributed by atoms with van der Waals surface area (Å²) >= 11 is 0. The number of carbonyl (C=O) groups is 2. The third-order valence-electron chi connectivity index (χ3n) is 2.93. The Labute approximate surface area is 107 Å². The maximum Gasteiger partial charge on any atom is 0.228 e. The van der Waals surface area contributed by atoms with E-state index in [1.807, 2.05) is 39.0 Å². The molecule has 1 aliphatic heterocycles. The summed E-state index contributed by atoms with van der Waals surface area (Å²) in [4.78, 5) is 23.0. The van der Waals surface area contributed by atoms with Crippen molar-refractivity contribution in [2.24, 2.45) is 5.41 Å². The summed E-state index contributed by atoms with van der Waals surface area (Å²) < 4.78 is 0. The van der Waals surface area contributed by atoms with E-state index < -0.39 is 0 Å². The van der Waals surface area contributed by atoms with Crippen molar-refractivity contribution < 1.29 is 9.59 Å². The van der Waals surface area contributed by atoms with Gasteiger partial charge in [0.25, 0.3) is 0 Å². The lowest BCUT2D eigenvalue weighted by Gasteiger charge is -2.17. The highest BCUT2D eigenvalue weighted by atomic mass is 16.2. The Bertz CT molecular complexity index is 501. The van der Waals surface area contributed by atoms with Gasteiger partial charge in [-0.1, -0.05) is 32.9 Å². The van der Waals surface area contributed by atoms with Crippen molar-refractivity contribution in [3.63, 3.8) is 0 Å². The van der Waals surface area contributed by atoms with Crippen molar-refractivity contribution in [2.75, 3.05) is 5.32 Å². The van der Waals surface area contributed by atoms with Crippen molar-refractivity contribution >= 4 is 17.5 Å². The van der Waals surface area contributed by atoms with Crippen LogP contribution in [0.4, 0.5) is 5.69 Å². The molecular formula is C14H18N2O2. The highest BCUT2D eigenvalue weighted by molar-refractivity contribution is 5.99. The van der Waals surface area contributed by atoms with Crippen molar-refractivity contribution in [3.05, 3.63) is 29.3 Å². The summed E-state index contributed by atoms with van der Waals surface area (Å²) in [6.07, 6.45) is 0.427. The first-order chi connectivity index (χ1) is 8.36. The molecule has 1 heterocycles. The monoisotopic (exact) mass is 246 g/mol. The molecule has 1 aliphatic rings. The van der Waals surface area contributed by atoms with Gasteiger partial charge in [-0.15, -0.1) is 0 Å². The summed E-state index contributed by atoms with van der Waals surface area (Å²) in [6.45, 7) is 6.15. The lowest BCUT2D eigenvalue weighted by molar-refractivity contribution is -0.128. The molecule has 0 fully saturated rings. The van der Waals surface area contributed by atoms with Crippen LogP contribution in [0.15, 0.2) is 18.2 Å². The standard InChI is InChI=1S/C14H18N2O2/c1-14(2,3)13(18)15-8-9-4-5-11-10(6-9)7-12(17)16-11/h4-6H,7-8H2,1-3H3,(H,15,18)(H,16,17). The lowest BCUT2D eigenvalue weighted by Crippen LogP contribution is -2.34. The van der Waals surface area contributed by atoms with Gasteiger partial charge >= 0.3 is 0 Å². The van der Waals surface area contributed by atoms with Crippen LogP contribution < -0.4 is 10.6 Å². The minimum atomic E-state index is -0.381. The van der Waals surface area contributed by atoms with Gasteiger partial charge in [-0.05, 0) is 17.2 Å². The largest absolute Gasteiger partial charge is 0.352 e. The molecule has 18 heavy (non-hydrogen) atoms. The van der Waals surface area contributed by atoms with E-state index in [1.165, 1.54) is 0 Å². The van der Waals surface area contributed by atoms with Gasteiger partial charge in [0.2, 0.25) is 11.8 Å². The third kappa shape index (κ3) is 2.70. The zero-order valence-electron chi connectivity index (χ0n) is 11.0. The van der Waals surface area contributed by atoms with Crippen LogP contribution in [-0.2, 0) is 22.6 Å². The number of hydrogen-bond donors (Lipinski definition) is 2. The molecule has 1 aromatic rings. The van der Waals surface area contributed by atoms with E-state index in [2.05, 4.69) is 10.6 Å². The van der Waals surface area contributed by atoms with Gasteiger partial charge in [0, 0.05) is 17.6 Å². The molecule has 2 N–H and O–H groups in total. The van der Waals surface area contributed by atoms with E-state index in [9.17, 15) is 9.59 Å². The van der Waals surface area contributed by atoms with Crippen molar-refractivity contribution in [3.8, 4) is 0 Å². The summed E-state index contributed by atoms with van der Waals surface area (Å²) in [5.41, 5.74) is 2.52. The van der Waals surface area contributed by atoms with Crippen LogP contribution in [0.1, 0.15) is 31.9 Å². The van der Waals surface area contributed by atoms with Gasteiger partial charge in [0.1, 0.15) is 0 Å². The first-order valence-electron chi connectivity index (χ1n) is 6.06. The fourth-order valence-electron chi connectivity index (χ4n) is 1.84. The number of amides is 2. The number of rotatable bonds is 2. The van der Waals surface area contributed by atoms with Gasteiger partial charge in [-0.2, -0.15) is 0 Å². The summed E-state index contributed by atoms with van der Waals surface area (Å²) in [5.74, 6) is 0.0538. The van der Waals surface area contributed by atoms with Gasteiger partial charge < -0.3 is 10.6 Å². The first-order valence-corrected chi connectivity index (χ1v) is 6.06. The molecule has 96 valence electrons. The molecule has 2 amide bonds. The number of hydrogen-bond acceptors (Lipinski definition) is 2. The number of carbonyl (C=O) groups excluding carboxylic acids is 2. The molecule has 4 nitrogen and oxygen atoms in total. The fraction of sp³-hybridized carbons (Fsp3) is 0.429. The highest BCUT2D eigenvalue weighted by Gasteiger charge is 2.21. The quantitative estimate of drug-likeness (QED) is 0.836. The molecule has 0 bridgehead atoms.